The maximum atomic E-state index is 12.5. The van der Waals surface area contributed by atoms with Crippen LogP contribution in [0, 0.1) is 12.8 Å². The molecule has 1 saturated carbocycles. The number of hydrogen-bond acceptors (Lipinski definition) is 4. The van der Waals surface area contributed by atoms with Crippen LogP contribution in [0.25, 0.3) is 6.08 Å². The van der Waals surface area contributed by atoms with Gasteiger partial charge >= 0.3 is 0 Å². The summed E-state index contributed by atoms with van der Waals surface area (Å²) in [5.74, 6) is 1.60. The van der Waals surface area contributed by atoms with Gasteiger partial charge in [0.1, 0.15) is 12.4 Å². The molecule has 0 saturated heterocycles. The van der Waals surface area contributed by atoms with Crippen LogP contribution in [-0.4, -0.2) is 28.9 Å². The first-order valence-corrected chi connectivity index (χ1v) is 10.1. The summed E-state index contributed by atoms with van der Waals surface area (Å²) in [6.45, 7) is 6.29. The fraction of sp³-hybridized carbons (Fsp3) is 0.429. The van der Waals surface area contributed by atoms with Crippen molar-refractivity contribution in [2.45, 2.75) is 39.7 Å². The Hall–Kier alpha value is -2.14. The third-order valence-electron chi connectivity index (χ3n) is 4.31. The molecule has 2 aromatic rings. The number of thiazole rings is 1. The molecule has 1 heterocycles. The highest BCUT2D eigenvalue weighted by atomic mass is 32.1. The van der Waals surface area contributed by atoms with Gasteiger partial charge in [-0.25, -0.2) is 4.98 Å². The Balaban J connectivity index is 1.57. The highest BCUT2D eigenvalue weighted by Gasteiger charge is 2.25. The lowest BCUT2D eigenvalue weighted by Gasteiger charge is -2.20. The van der Waals surface area contributed by atoms with E-state index in [0.29, 0.717) is 12.5 Å². The molecule has 1 aliphatic rings. The third kappa shape index (κ3) is 5.70. The van der Waals surface area contributed by atoms with E-state index in [0.717, 1.165) is 41.5 Å². The largest absolute Gasteiger partial charge is 0.487 e. The number of nitrogens with zero attached hydrogens (tertiary/aromatic N) is 2. The zero-order valence-corrected chi connectivity index (χ0v) is 16.3. The van der Waals surface area contributed by atoms with Gasteiger partial charge in [0, 0.05) is 24.5 Å². The average Bonchev–Trinajstić information content (AvgIpc) is 3.37. The SMILES string of the molecule is CCCN(CC1CC1)C(=O)/C=C/c1cccc(OCc2csc(C)n2)c1. The Morgan fingerprint density at radius 3 is 2.96 bits per heavy atom. The van der Waals surface area contributed by atoms with Crippen LogP contribution in [0.15, 0.2) is 35.7 Å². The summed E-state index contributed by atoms with van der Waals surface area (Å²) < 4.78 is 5.81. The van der Waals surface area contributed by atoms with Gasteiger partial charge in [-0.15, -0.1) is 11.3 Å². The second kappa shape index (κ2) is 8.99. The number of ether oxygens (including phenoxy) is 1. The van der Waals surface area contributed by atoms with Gasteiger partial charge in [0.15, 0.2) is 0 Å². The van der Waals surface area contributed by atoms with Crippen LogP contribution in [0.1, 0.15) is 42.5 Å². The Morgan fingerprint density at radius 2 is 2.27 bits per heavy atom. The van der Waals surface area contributed by atoms with E-state index >= 15 is 0 Å². The van der Waals surface area contributed by atoms with Crippen LogP contribution in [0.5, 0.6) is 5.75 Å². The third-order valence-corrected chi connectivity index (χ3v) is 5.13. The number of carbonyl (C=O) groups is 1. The van der Waals surface area contributed by atoms with Gasteiger partial charge in [0.2, 0.25) is 5.91 Å². The van der Waals surface area contributed by atoms with E-state index in [2.05, 4.69) is 11.9 Å². The maximum Gasteiger partial charge on any atom is 0.246 e. The Bertz CT molecular complexity index is 765. The van der Waals surface area contributed by atoms with Crippen LogP contribution in [0.2, 0.25) is 0 Å². The van der Waals surface area contributed by atoms with E-state index in [1.54, 1.807) is 17.4 Å². The second-order valence-corrected chi connectivity index (χ2v) is 7.84. The van der Waals surface area contributed by atoms with E-state index in [1.165, 1.54) is 12.8 Å². The summed E-state index contributed by atoms with van der Waals surface area (Å²) in [5, 5.41) is 3.06. The van der Waals surface area contributed by atoms with Gasteiger partial charge in [0.25, 0.3) is 0 Å². The normalized spacial score (nSPS) is 13.9. The van der Waals surface area contributed by atoms with Crippen molar-refractivity contribution in [2.24, 2.45) is 5.92 Å². The summed E-state index contributed by atoms with van der Waals surface area (Å²) in [4.78, 5) is 18.8. The first-order chi connectivity index (χ1) is 12.6. The van der Waals surface area contributed by atoms with Crippen molar-refractivity contribution in [2.75, 3.05) is 13.1 Å². The Morgan fingerprint density at radius 1 is 1.42 bits per heavy atom. The number of carbonyl (C=O) groups excluding carboxylic acids is 1. The number of benzene rings is 1. The molecule has 138 valence electrons. The average molecular weight is 371 g/mol. The number of aryl methyl sites for hydroxylation is 1. The van der Waals surface area contributed by atoms with Crippen molar-refractivity contribution in [1.29, 1.82) is 0 Å². The summed E-state index contributed by atoms with van der Waals surface area (Å²) >= 11 is 1.62. The molecule has 1 fully saturated rings. The molecule has 1 amide bonds. The van der Waals surface area contributed by atoms with Gasteiger partial charge in [0.05, 0.1) is 10.7 Å². The molecule has 3 rings (SSSR count). The van der Waals surface area contributed by atoms with Crippen LogP contribution >= 0.6 is 11.3 Å². The van der Waals surface area contributed by atoms with Crippen LogP contribution in [0.4, 0.5) is 0 Å². The second-order valence-electron chi connectivity index (χ2n) is 6.78. The van der Waals surface area contributed by atoms with Crippen molar-refractivity contribution in [3.63, 3.8) is 0 Å². The van der Waals surface area contributed by atoms with E-state index < -0.39 is 0 Å². The molecular weight excluding hydrogens is 344 g/mol. The highest BCUT2D eigenvalue weighted by molar-refractivity contribution is 7.09. The van der Waals surface area contributed by atoms with Crippen molar-refractivity contribution in [1.82, 2.24) is 9.88 Å². The van der Waals surface area contributed by atoms with Gasteiger partial charge in [-0.1, -0.05) is 19.1 Å². The maximum absolute atomic E-state index is 12.5. The van der Waals surface area contributed by atoms with Gasteiger partial charge in [-0.05, 0) is 55.9 Å². The minimum Gasteiger partial charge on any atom is -0.487 e. The lowest BCUT2D eigenvalue weighted by Crippen LogP contribution is -2.32. The first kappa shape index (κ1) is 18.6. The standard InChI is InChI=1S/C21H26N2O2S/c1-3-11-23(13-18-7-8-18)21(24)10-9-17-5-4-6-20(12-17)25-14-19-15-26-16(2)22-19/h4-6,9-10,12,15,18H,3,7-8,11,13-14H2,1-2H3/b10-9+. The molecule has 0 bridgehead atoms. The van der Waals surface area contributed by atoms with Gasteiger partial charge in [-0.3, -0.25) is 4.79 Å². The lowest BCUT2D eigenvalue weighted by atomic mass is 10.2. The van der Waals surface area contributed by atoms with E-state index in [-0.39, 0.29) is 5.91 Å². The van der Waals surface area contributed by atoms with Crippen molar-refractivity contribution >= 4 is 23.3 Å². The van der Waals surface area contributed by atoms with Gasteiger partial charge in [-0.2, -0.15) is 0 Å². The molecule has 4 nitrogen and oxygen atoms in total. The molecule has 1 aliphatic carbocycles. The Labute approximate surface area is 159 Å². The first-order valence-electron chi connectivity index (χ1n) is 9.25. The molecule has 0 spiro atoms. The number of aromatic nitrogens is 1. The van der Waals surface area contributed by atoms with Crippen LogP contribution < -0.4 is 4.74 Å². The molecule has 0 N–H and O–H groups in total. The fourth-order valence-corrected chi connectivity index (χ4v) is 3.38. The van der Waals surface area contributed by atoms with E-state index in [1.807, 2.05) is 47.5 Å². The molecule has 5 heteroatoms. The number of rotatable bonds is 9. The minimum atomic E-state index is 0.100. The Kier molecular flexibility index (Phi) is 6.45. The number of hydrogen-bond donors (Lipinski definition) is 0. The van der Waals surface area contributed by atoms with Crippen molar-refractivity contribution in [3.05, 3.63) is 52.0 Å². The fourth-order valence-electron chi connectivity index (χ4n) is 2.79. The summed E-state index contributed by atoms with van der Waals surface area (Å²) in [6.07, 6.45) is 7.06. The van der Waals surface area contributed by atoms with E-state index in [9.17, 15) is 4.79 Å². The molecule has 0 aliphatic heterocycles. The lowest BCUT2D eigenvalue weighted by molar-refractivity contribution is -0.126. The summed E-state index contributed by atoms with van der Waals surface area (Å²) in [5.41, 5.74) is 1.91. The molecular formula is C21H26N2O2S. The highest BCUT2D eigenvalue weighted by Crippen LogP contribution is 2.29. The summed E-state index contributed by atoms with van der Waals surface area (Å²) in [7, 11) is 0. The van der Waals surface area contributed by atoms with Crippen LogP contribution in [-0.2, 0) is 11.4 Å². The molecule has 26 heavy (non-hydrogen) atoms. The monoisotopic (exact) mass is 370 g/mol. The van der Waals surface area contributed by atoms with E-state index in [4.69, 9.17) is 4.74 Å². The van der Waals surface area contributed by atoms with Gasteiger partial charge < -0.3 is 9.64 Å². The van der Waals surface area contributed by atoms with Crippen molar-refractivity contribution < 1.29 is 9.53 Å². The molecule has 1 aromatic carbocycles. The van der Waals surface area contributed by atoms with Crippen LogP contribution in [0.3, 0.4) is 0 Å². The zero-order chi connectivity index (χ0) is 18.4. The zero-order valence-electron chi connectivity index (χ0n) is 15.5. The molecule has 0 atom stereocenters. The number of amides is 1. The topological polar surface area (TPSA) is 42.4 Å². The predicted molar refractivity (Wildman–Crippen MR) is 106 cm³/mol. The molecule has 0 radical (unpaired) electrons. The molecule has 0 unspecified atom stereocenters. The molecule has 1 aromatic heterocycles. The quantitative estimate of drug-likeness (QED) is 0.601. The van der Waals surface area contributed by atoms with Crippen molar-refractivity contribution in [3.8, 4) is 5.75 Å². The summed E-state index contributed by atoms with van der Waals surface area (Å²) in [6, 6.07) is 7.80. The smallest absolute Gasteiger partial charge is 0.246 e. The predicted octanol–water partition coefficient (Wildman–Crippen LogP) is 4.69. The minimum absolute atomic E-state index is 0.100.